The fraction of sp³-hybridized carbons (Fsp3) is 0.381. The normalized spacial score (nSPS) is 18.8. The minimum atomic E-state index is -0.0445. The van der Waals surface area contributed by atoms with Gasteiger partial charge >= 0.3 is 0 Å². The second-order valence-electron chi connectivity index (χ2n) is 7.12. The van der Waals surface area contributed by atoms with Crippen LogP contribution in [0.15, 0.2) is 42.5 Å². The van der Waals surface area contributed by atoms with E-state index in [0.717, 1.165) is 19.4 Å². The van der Waals surface area contributed by atoms with Gasteiger partial charge in [-0.1, -0.05) is 53.5 Å². The van der Waals surface area contributed by atoms with Crippen LogP contribution in [0.4, 0.5) is 5.69 Å². The summed E-state index contributed by atoms with van der Waals surface area (Å²) in [6, 6.07) is 15.0. The number of benzene rings is 2. The van der Waals surface area contributed by atoms with Crippen molar-refractivity contribution < 1.29 is 4.79 Å². The van der Waals surface area contributed by atoms with E-state index in [9.17, 15) is 4.79 Å². The van der Waals surface area contributed by atoms with E-state index in [1.807, 2.05) is 0 Å². The molecular formula is C21H22Cl2N2O. The van der Waals surface area contributed by atoms with Gasteiger partial charge < -0.3 is 5.32 Å². The summed E-state index contributed by atoms with van der Waals surface area (Å²) < 4.78 is 0. The van der Waals surface area contributed by atoms with Crippen LogP contribution in [0.1, 0.15) is 42.9 Å². The topological polar surface area (TPSA) is 32.3 Å². The maximum absolute atomic E-state index is 12.5. The molecule has 1 fully saturated rings. The molecule has 26 heavy (non-hydrogen) atoms. The van der Waals surface area contributed by atoms with Gasteiger partial charge in [0.15, 0.2) is 0 Å². The van der Waals surface area contributed by atoms with Gasteiger partial charge in [-0.25, -0.2) is 0 Å². The van der Waals surface area contributed by atoms with Gasteiger partial charge in [0.25, 0.3) is 0 Å². The molecule has 2 aromatic carbocycles. The van der Waals surface area contributed by atoms with E-state index in [4.69, 9.17) is 23.2 Å². The predicted octanol–water partition coefficient (Wildman–Crippen LogP) is 5.47. The number of amides is 1. The lowest BCUT2D eigenvalue weighted by Crippen LogP contribution is -2.33. The molecule has 0 aliphatic heterocycles. The molecular weight excluding hydrogens is 367 g/mol. The molecule has 0 spiro atoms. The molecule has 1 saturated carbocycles. The molecule has 1 atom stereocenters. The molecule has 0 bridgehead atoms. The van der Waals surface area contributed by atoms with Crippen LogP contribution in [0.25, 0.3) is 0 Å². The van der Waals surface area contributed by atoms with E-state index < -0.39 is 0 Å². The number of fused-ring (bicyclic) bond motifs is 1. The number of aryl methyl sites for hydroxylation is 1. The fourth-order valence-electron chi connectivity index (χ4n) is 3.93. The lowest BCUT2D eigenvalue weighted by Gasteiger charge is -2.29. The zero-order valence-electron chi connectivity index (χ0n) is 14.6. The quantitative estimate of drug-likeness (QED) is 0.710. The Kier molecular flexibility index (Phi) is 5.21. The molecule has 4 rings (SSSR count). The molecule has 0 radical (unpaired) electrons. The first kappa shape index (κ1) is 17.8. The molecule has 1 amide bonds. The lowest BCUT2D eigenvalue weighted by atomic mass is 10.1. The monoisotopic (exact) mass is 388 g/mol. The van der Waals surface area contributed by atoms with Crippen LogP contribution < -0.4 is 5.32 Å². The Morgan fingerprint density at radius 2 is 1.77 bits per heavy atom. The molecule has 2 aliphatic rings. The Hall–Kier alpha value is -1.55. The van der Waals surface area contributed by atoms with Crippen LogP contribution in [0, 0.1) is 0 Å². The lowest BCUT2D eigenvalue weighted by molar-refractivity contribution is -0.116. The second-order valence-corrected chi connectivity index (χ2v) is 7.93. The summed E-state index contributed by atoms with van der Waals surface area (Å²) in [5.74, 6) is -0.0445. The molecule has 136 valence electrons. The molecule has 1 N–H and O–H groups in total. The van der Waals surface area contributed by atoms with Gasteiger partial charge in [0.2, 0.25) is 5.91 Å². The first-order valence-electron chi connectivity index (χ1n) is 9.21. The number of nitrogens with zero attached hydrogens (tertiary/aromatic N) is 1. The zero-order valence-corrected chi connectivity index (χ0v) is 16.1. The van der Waals surface area contributed by atoms with Gasteiger partial charge in [-0.2, -0.15) is 0 Å². The number of hydrogen-bond donors (Lipinski definition) is 1. The summed E-state index contributed by atoms with van der Waals surface area (Å²) in [6.07, 6.45) is 5.18. The number of anilines is 1. The summed E-state index contributed by atoms with van der Waals surface area (Å²) in [4.78, 5) is 15.0. The molecule has 0 heterocycles. The van der Waals surface area contributed by atoms with Gasteiger partial charge in [0.1, 0.15) is 0 Å². The molecule has 2 aromatic rings. The molecule has 1 unspecified atom stereocenters. The smallest absolute Gasteiger partial charge is 0.225 e. The van der Waals surface area contributed by atoms with Crippen LogP contribution >= 0.6 is 23.2 Å². The second kappa shape index (κ2) is 7.59. The van der Waals surface area contributed by atoms with Crippen LogP contribution in [0.5, 0.6) is 0 Å². The van der Waals surface area contributed by atoms with Gasteiger partial charge in [-0.3, -0.25) is 9.69 Å². The van der Waals surface area contributed by atoms with Gasteiger partial charge in [0.05, 0.1) is 15.7 Å². The Morgan fingerprint density at radius 3 is 2.50 bits per heavy atom. The summed E-state index contributed by atoms with van der Waals surface area (Å²) >= 11 is 12.3. The third-order valence-corrected chi connectivity index (χ3v) is 5.97. The van der Waals surface area contributed by atoms with Gasteiger partial charge in [0, 0.05) is 25.0 Å². The van der Waals surface area contributed by atoms with Crippen molar-refractivity contribution >= 4 is 34.8 Å². The van der Waals surface area contributed by atoms with Crippen molar-refractivity contribution in [3.05, 3.63) is 63.6 Å². The average molecular weight is 389 g/mol. The third kappa shape index (κ3) is 3.75. The van der Waals surface area contributed by atoms with Gasteiger partial charge in [-0.15, -0.1) is 0 Å². The minimum Gasteiger partial charge on any atom is -0.324 e. The van der Waals surface area contributed by atoms with Crippen molar-refractivity contribution in [2.45, 2.75) is 44.2 Å². The van der Waals surface area contributed by atoms with Crippen molar-refractivity contribution in [1.82, 2.24) is 4.90 Å². The Balaban J connectivity index is 1.42. The standard InChI is InChI=1S/C21H22Cl2N2O/c22-17-6-3-7-18(23)21(17)24-20(26)12-13-25(15-9-10-15)19-11-8-14-4-1-2-5-16(14)19/h1-7,15,19H,8-13H2,(H,24,26). The SMILES string of the molecule is O=C(CCN(C1CC1)C1CCc2ccccc21)Nc1c(Cl)cccc1Cl. The maximum atomic E-state index is 12.5. The molecule has 5 heteroatoms. The van der Waals surface area contributed by atoms with E-state index in [1.54, 1.807) is 18.2 Å². The number of rotatable bonds is 6. The fourth-order valence-corrected chi connectivity index (χ4v) is 4.42. The highest BCUT2D eigenvalue weighted by Gasteiger charge is 2.37. The Bertz CT molecular complexity index is 799. The highest BCUT2D eigenvalue weighted by Crippen LogP contribution is 2.41. The molecule has 2 aliphatic carbocycles. The molecule has 0 aromatic heterocycles. The summed E-state index contributed by atoms with van der Waals surface area (Å²) in [5.41, 5.74) is 3.40. The Labute approximate surface area is 164 Å². The van der Waals surface area contributed by atoms with Crippen molar-refractivity contribution in [1.29, 1.82) is 0 Å². The van der Waals surface area contributed by atoms with E-state index in [-0.39, 0.29) is 5.91 Å². The van der Waals surface area contributed by atoms with Crippen LogP contribution in [-0.4, -0.2) is 23.4 Å². The van der Waals surface area contributed by atoms with Crippen molar-refractivity contribution in [2.24, 2.45) is 0 Å². The number of para-hydroxylation sites is 1. The average Bonchev–Trinajstić information content (AvgIpc) is 3.38. The third-order valence-electron chi connectivity index (χ3n) is 5.34. The van der Waals surface area contributed by atoms with Crippen molar-refractivity contribution in [3.8, 4) is 0 Å². The predicted molar refractivity (Wildman–Crippen MR) is 107 cm³/mol. The Morgan fingerprint density at radius 1 is 1.04 bits per heavy atom. The highest BCUT2D eigenvalue weighted by atomic mass is 35.5. The summed E-state index contributed by atoms with van der Waals surface area (Å²) in [7, 11) is 0. The van der Waals surface area contributed by atoms with E-state index in [1.165, 1.54) is 24.0 Å². The maximum Gasteiger partial charge on any atom is 0.225 e. The molecule has 3 nitrogen and oxygen atoms in total. The van der Waals surface area contributed by atoms with E-state index in [2.05, 4.69) is 34.5 Å². The number of carbonyl (C=O) groups is 1. The van der Waals surface area contributed by atoms with Crippen LogP contribution in [-0.2, 0) is 11.2 Å². The van der Waals surface area contributed by atoms with Crippen molar-refractivity contribution in [3.63, 3.8) is 0 Å². The number of hydrogen-bond acceptors (Lipinski definition) is 2. The summed E-state index contributed by atoms with van der Waals surface area (Å²) in [6.45, 7) is 0.761. The zero-order chi connectivity index (χ0) is 18.1. The van der Waals surface area contributed by atoms with Crippen LogP contribution in [0.3, 0.4) is 0 Å². The van der Waals surface area contributed by atoms with Crippen molar-refractivity contribution in [2.75, 3.05) is 11.9 Å². The largest absolute Gasteiger partial charge is 0.324 e. The minimum absolute atomic E-state index is 0.0445. The number of halogens is 2. The molecule has 0 saturated heterocycles. The highest BCUT2D eigenvalue weighted by molar-refractivity contribution is 6.39. The number of carbonyl (C=O) groups excluding carboxylic acids is 1. The van der Waals surface area contributed by atoms with E-state index >= 15 is 0 Å². The van der Waals surface area contributed by atoms with E-state index in [0.29, 0.717) is 34.2 Å². The van der Waals surface area contributed by atoms with Crippen LogP contribution in [0.2, 0.25) is 10.0 Å². The first-order chi connectivity index (χ1) is 12.6. The first-order valence-corrected chi connectivity index (χ1v) is 9.96. The van der Waals surface area contributed by atoms with Gasteiger partial charge in [-0.05, 0) is 48.9 Å². The number of nitrogens with one attached hydrogen (secondary N) is 1. The summed E-state index contributed by atoms with van der Waals surface area (Å²) in [5, 5.41) is 3.81.